The summed E-state index contributed by atoms with van der Waals surface area (Å²) >= 11 is 7.14. The number of pyridine rings is 1. The summed E-state index contributed by atoms with van der Waals surface area (Å²) in [6.07, 6.45) is 1.69. The number of rotatable bonds is 3. The number of halogens is 1. The Morgan fingerprint density at radius 3 is 2.65 bits per heavy atom. The molecule has 0 atom stereocenters. The molecule has 2 aromatic heterocycles. The Kier molecular flexibility index (Phi) is 3.38. The van der Waals surface area contributed by atoms with Gasteiger partial charge in [0.1, 0.15) is 10.7 Å². The molecule has 0 bridgehead atoms. The van der Waals surface area contributed by atoms with E-state index in [9.17, 15) is 9.90 Å². The molecule has 0 radical (unpaired) electrons. The SMILES string of the molecule is O=C(O)c1c(Sc2ccc(Cl)cc2)nc2ccccn12. The van der Waals surface area contributed by atoms with Gasteiger partial charge in [-0.1, -0.05) is 29.4 Å². The van der Waals surface area contributed by atoms with Gasteiger partial charge in [0.25, 0.3) is 0 Å². The van der Waals surface area contributed by atoms with Crippen LogP contribution >= 0.6 is 23.4 Å². The quantitative estimate of drug-likeness (QED) is 0.799. The van der Waals surface area contributed by atoms with Crippen LogP contribution < -0.4 is 0 Å². The summed E-state index contributed by atoms with van der Waals surface area (Å²) in [5.41, 5.74) is 0.780. The molecule has 0 fully saturated rings. The molecule has 6 heteroatoms. The van der Waals surface area contributed by atoms with Crippen molar-refractivity contribution in [2.45, 2.75) is 9.92 Å². The third kappa shape index (κ3) is 2.37. The van der Waals surface area contributed by atoms with E-state index >= 15 is 0 Å². The number of nitrogens with zero attached hydrogens (tertiary/aromatic N) is 2. The zero-order chi connectivity index (χ0) is 14.1. The number of benzene rings is 1. The van der Waals surface area contributed by atoms with Crippen molar-refractivity contribution in [3.63, 3.8) is 0 Å². The van der Waals surface area contributed by atoms with Gasteiger partial charge in [-0.15, -0.1) is 0 Å². The van der Waals surface area contributed by atoms with Crippen molar-refractivity contribution in [2.24, 2.45) is 0 Å². The second-order valence-corrected chi connectivity index (χ2v) is 5.55. The number of hydrogen-bond acceptors (Lipinski definition) is 3. The van der Waals surface area contributed by atoms with Crippen molar-refractivity contribution in [3.8, 4) is 0 Å². The van der Waals surface area contributed by atoms with Gasteiger partial charge < -0.3 is 5.11 Å². The fraction of sp³-hybridized carbons (Fsp3) is 0. The van der Waals surface area contributed by atoms with E-state index in [1.54, 1.807) is 34.9 Å². The largest absolute Gasteiger partial charge is 0.476 e. The Morgan fingerprint density at radius 1 is 1.20 bits per heavy atom. The maximum Gasteiger partial charge on any atom is 0.355 e. The van der Waals surface area contributed by atoms with Crippen LogP contribution in [0.4, 0.5) is 0 Å². The molecule has 3 rings (SSSR count). The van der Waals surface area contributed by atoms with Crippen LogP contribution in [0.5, 0.6) is 0 Å². The van der Waals surface area contributed by atoms with E-state index in [2.05, 4.69) is 4.98 Å². The second-order valence-electron chi connectivity index (χ2n) is 4.06. The molecule has 1 N–H and O–H groups in total. The number of fused-ring (bicyclic) bond motifs is 1. The molecule has 0 aliphatic heterocycles. The van der Waals surface area contributed by atoms with E-state index in [1.807, 2.05) is 18.2 Å². The lowest BCUT2D eigenvalue weighted by Gasteiger charge is -2.00. The van der Waals surface area contributed by atoms with Crippen molar-refractivity contribution in [3.05, 3.63) is 59.4 Å². The average molecular weight is 305 g/mol. The molecule has 4 nitrogen and oxygen atoms in total. The Bertz CT molecular complexity index is 783. The van der Waals surface area contributed by atoms with Crippen molar-refractivity contribution in [1.82, 2.24) is 9.38 Å². The molecule has 0 saturated heterocycles. The summed E-state index contributed by atoms with van der Waals surface area (Å²) in [6, 6.07) is 12.6. The van der Waals surface area contributed by atoms with E-state index < -0.39 is 5.97 Å². The van der Waals surface area contributed by atoms with Crippen molar-refractivity contribution >= 4 is 35.0 Å². The van der Waals surface area contributed by atoms with Crippen LogP contribution in [0.25, 0.3) is 5.65 Å². The summed E-state index contributed by atoms with van der Waals surface area (Å²) in [5, 5.41) is 10.5. The molecule has 100 valence electrons. The minimum atomic E-state index is -1.000. The molecular formula is C14H9ClN2O2S. The van der Waals surface area contributed by atoms with Gasteiger partial charge in [0.05, 0.1) is 0 Å². The number of carbonyl (C=O) groups is 1. The molecule has 1 aromatic carbocycles. The number of carboxylic acid groups (broad SMARTS) is 1. The van der Waals surface area contributed by atoms with Crippen LogP contribution in [0, 0.1) is 0 Å². The first kappa shape index (κ1) is 13.0. The molecule has 0 amide bonds. The van der Waals surface area contributed by atoms with E-state index in [4.69, 9.17) is 11.6 Å². The van der Waals surface area contributed by atoms with Gasteiger partial charge in [0, 0.05) is 16.1 Å². The van der Waals surface area contributed by atoms with E-state index in [-0.39, 0.29) is 5.69 Å². The Morgan fingerprint density at radius 2 is 1.95 bits per heavy atom. The lowest BCUT2D eigenvalue weighted by Crippen LogP contribution is -2.02. The second kappa shape index (κ2) is 5.19. The minimum absolute atomic E-state index is 0.167. The van der Waals surface area contributed by atoms with Crippen LogP contribution in [0.3, 0.4) is 0 Å². The highest BCUT2D eigenvalue weighted by molar-refractivity contribution is 7.99. The molecule has 0 aliphatic carbocycles. The lowest BCUT2D eigenvalue weighted by atomic mass is 10.4. The summed E-state index contributed by atoms with van der Waals surface area (Å²) in [4.78, 5) is 16.7. The van der Waals surface area contributed by atoms with Gasteiger partial charge in [-0.2, -0.15) is 0 Å². The zero-order valence-corrected chi connectivity index (χ0v) is 11.7. The summed E-state index contributed by atoms with van der Waals surface area (Å²) < 4.78 is 1.57. The smallest absolute Gasteiger partial charge is 0.355 e. The van der Waals surface area contributed by atoms with Crippen molar-refractivity contribution in [2.75, 3.05) is 0 Å². The number of aromatic nitrogens is 2. The third-order valence-electron chi connectivity index (χ3n) is 2.73. The molecule has 20 heavy (non-hydrogen) atoms. The fourth-order valence-electron chi connectivity index (χ4n) is 1.85. The Balaban J connectivity index is 2.08. The van der Waals surface area contributed by atoms with Crippen molar-refractivity contribution in [1.29, 1.82) is 0 Å². The highest BCUT2D eigenvalue weighted by Crippen LogP contribution is 2.31. The topological polar surface area (TPSA) is 54.6 Å². The first-order valence-electron chi connectivity index (χ1n) is 5.79. The van der Waals surface area contributed by atoms with Crippen LogP contribution in [0.15, 0.2) is 58.6 Å². The van der Waals surface area contributed by atoms with Gasteiger partial charge in [0.15, 0.2) is 5.69 Å². The Hall–Kier alpha value is -1.98. The van der Waals surface area contributed by atoms with Gasteiger partial charge >= 0.3 is 5.97 Å². The lowest BCUT2D eigenvalue weighted by molar-refractivity contribution is 0.0685. The predicted molar refractivity (Wildman–Crippen MR) is 77.7 cm³/mol. The maximum absolute atomic E-state index is 11.4. The first-order valence-corrected chi connectivity index (χ1v) is 6.98. The Labute approximate surface area is 124 Å². The molecule has 0 unspecified atom stereocenters. The summed E-state index contributed by atoms with van der Waals surface area (Å²) in [5.74, 6) is -1.000. The molecule has 2 heterocycles. The van der Waals surface area contributed by atoms with Gasteiger partial charge in [0.2, 0.25) is 0 Å². The van der Waals surface area contributed by atoms with Gasteiger partial charge in [-0.3, -0.25) is 4.40 Å². The number of carboxylic acids is 1. The third-order valence-corrected chi connectivity index (χ3v) is 3.97. The normalized spacial score (nSPS) is 10.8. The van der Waals surface area contributed by atoms with E-state index in [1.165, 1.54) is 11.8 Å². The predicted octanol–water partition coefficient (Wildman–Crippen LogP) is 3.84. The molecular weight excluding hydrogens is 296 g/mol. The van der Waals surface area contributed by atoms with Crippen LogP contribution in [0.1, 0.15) is 10.5 Å². The number of hydrogen-bond donors (Lipinski definition) is 1. The maximum atomic E-state index is 11.4. The average Bonchev–Trinajstić information content (AvgIpc) is 2.79. The minimum Gasteiger partial charge on any atom is -0.476 e. The van der Waals surface area contributed by atoms with Crippen molar-refractivity contribution < 1.29 is 9.90 Å². The fourth-order valence-corrected chi connectivity index (χ4v) is 2.90. The molecule has 0 spiro atoms. The highest BCUT2D eigenvalue weighted by atomic mass is 35.5. The van der Waals surface area contributed by atoms with Gasteiger partial charge in [-0.05, 0) is 36.4 Å². The molecule has 3 aromatic rings. The number of imidazole rings is 1. The van der Waals surface area contributed by atoms with E-state index in [0.717, 1.165) is 4.90 Å². The zero-order valence-electron chi connectivity index (χ0n) is 10.2. The van der Waals surface area contributed by atoms with Crippen LogP contribution in [0.2, 0.25) is 5.02 Å². The summed E-state index contributed by atoms with van der Waals surface area (Å²) in [7, 11) is 0. The van der Waals surface area contributed by atoms with E-state index in [0.29, 0.717) is 15.7 Å². The standard InChI is InChI=1S/C14H9ClN2O2S/c15-9-4-6-10(7-5-9)20-13-12(14(18)19)17-8-2-1-3-11(17)16-13/h1-8H,(H,18,19). The molecule has 0 aliphatic rings. The van der Waals surface area contributed by atoms with Crippen LogP contribution in [-0.2, 0) is 0 Å². The first-order chi connectivity index (χ1) is 9.65. The van der Waals surface area contributed by atoms with Crippen LogP contribution in [-0.4, -0.2) is 20.5 Å². The highest BCUT2D eigenvalue weighted by Gasteiger charge is 2.19. The monoisotopic (exact) mass is 304 g/mol. The summed E-state index contributed by atoms with van der Waals surface area (Å²) in [6.45, 7) is 0. The number of aromatic carboxylic acids is 1. The van der Waals surface area contributed by atoms with Gasteiger partial charge in [-0.25, -0.2) is 9.78 Å². The molecule has 0 saturated carbocycles.